The number of phenolic OH excluding ortho intramolecular Hbond substituents is 1. The van der Waals surface area contributed by atoms with Gasteiger partial charge in [0.05, 0.1) is 9.88 Å². The molecule has 1 heterocycles. The lowest BCUT2D eigenvalue weighted by Gasteiger charge is -2.08. The van der Waals surface area contributed by atoms with Crippen molar-refractivity contribution in [1.82, 2.24) is 4.98 Å². The topological polar surface area (TPSA) is 42.4 Å². The Hall–Kier alpha value is -1.55. The summed E-state index contributed by atoms with van der Waals surface area (Å²) in [6.07, 6.45) is 1.82. The van der Waals surface area contributed by atoms with E-state index in [0.29, 0.717) is 12.4 Å². The van der Waals surface area contributed by atoms with Crippen molar-refractivity contribution < 1.29 is 9.84 Å². The number of nitrogens with zero attached hydrogens (tertiary/aromatic N) is 1. The maximum Gasteiger partial charge on any atom is 0.126 e. The molecule has 0 atom stereocenters. The maximum absolute atomic E-state index is 9.51. The number of rotatable bonds is 3. The molecule has 0 radical (unpaired) electrons. The van der Waals surface area contributed by atoms with Crippen LogP contribution in [-0.4, -0.2) is 10.1 Å². The van der Waals surface area contributed by atoms with Crippen LogP contribution in [0.1, 0.15) is 15.4 Å². The SMILES string of the molecule is Cc1ncc(COc2cccc(O)c2C)s1. The van der Waals surface area contributed by atoms with Gasteiger partial charge in [-0.15, -0.1) is 11.3 Å². The fourth-order valence-corrected chi connectivity index (χ4v) is 2.09. The van der Waals surface area contributed by atoms with E-state index < -0.39 is 0 Å². The molecule has 16 heavy (non-hydrogen) atoms. The van der Waals surface area contributed by atoms with Crippen molar-refractivity contribution >= 4 is 11.3 Å². The van der Waals surface area contributed by atoms with Crippen molar-refractivity contribution in [2.45, 2.75) is 20.5 Å². The molecule has 3 nitrogen and oxygen atoms in total. The average Bonchev–Trinajstić information content (AvgIpc) is 2.67. The smallest absolute Gasteiger partial charge is 0.126 e. The third kappa shape index (κ3) is 2.33. The number of aryl methyl sites for hydroxylation is 1. The summed E-state index contributed by atoms with van der Waals surface area (Å²) in [6.45, 7) is 4.30. The van der Waals surface area contributed by atoms with Gasteiger partial charge in [-0.25, -0.2) is 4.98 Å². The minimum Gasteiger partial charge on any atom is -0.508 e. The van der Waals surface area contributed by atoms with Crippen molar-refractivity contribution in [3.05, 3.63) is 39.8 Å². The van der Waals surface area contributed by atoms with Gasteiger partial charge in [0.25, 0.3) is 0 Å². The van der Waals surface area contributed by atoms with Gasteiger partial charge >= 0.3 is 0 Å². The highest BCUT2D eigenvalue weighted by Crippen LogP contribution is 2.27. The van der Waals surface area contributed by atoms with Crippen LogP contribution in [0.3, 0.4) is 0 Å². The van der Waals surface area contributed by atoms with Crippen LogP contribution < -0.4 is 4.74 Å². The van der Waals surface area contributed by atoms with Gasteiger partial charge in [-0.1, -0.05) is 6.07 Å². The van der Waals surface area contributed by atoms with Crippen LogP contribution in [-0.2, 0) is 6.61 Å². The third-order valence-electron chi connectivity index (χ3n) is 2.29. The summed E-state index contributed by atoms with van der Waals surface area (Å²) in [5, 5.41) is 10.5. The Labute approximate surface area is 98.4 Å². The number of hydrogen-bond acceptors (Lipinski definition) is 4. The standard InChI is InChI=1S/C12H13NO2S/c1-8-11(14)4-3-5-12(8)15-7-10-6-13-9(2)16-10/h3-6,14H,7H2,1-2H3. The van der Waals surface area contributed by atoms with Crippen molar-refractivity contribution in [2.24, 2.45) is 0 Å². The summed E-state index contributed by atoms with van der Waals surface area (Å²) < 4.78 is 5.63. The van der Waals surface area contributed by atoms with E-state index in [1.807, 2.05) is 26.1 Å². The number of ether oxygens (including phenoxy) is 1. The molecule has 0 aliphatic rings. The van der Waals surface area contributed by atoms with Crippen molar-refractivity contribution in [3.63, 3.8) is 0 Å². The Morgan fingerprint density at radius 3 is 2.88 bits per heavy atom. The second-order valence-corrected chi connectivity index (χ2v) is 4.85. The largest absolute Gasteiger partial charge is 0.508 e. The van der Waals surface area contributed by atoms with Crippen LogP contribution in [0, 0.1) is 13.8 Å². The van der Waals surface area contributed by atoms with E-state index in [1.165, 1.54) is 0 Å². The summed E-state index contributed by atoms with van der Waals surface area (Å²) in [7, 11) is 0. The Morgan fingerprint density at radius 2 is 2.19 bits per heavy atom. The molecular formula is C12H13NO2S. The highest BCUT2D eigenvalue weighted by molar-refractivity contribution is 7.11. The van der Waals surface area contributed by atoms with Gasteiger partial charge < -0.3 is 9.84 Å². The second kappa shape index (κ2) is 4.53. The second-order valence-electron chi connectivity index (χ2n) is 3.53. The van der Waals surface area contributed by atoms with Crippen LogP contribution >= 0.6 is 11.3 Å². The third-order valence-corrected chi connectivity index (χ3v) is 3.18. The first-order valence-corrected chi connectivity index (χ1v) is 5.81. The molecule has 0 aliphatic carbocycles. The quantitative estimate of drug-likeness (QED) is 0.889. The van der Waals surface area contributed by atoms with E-state index in [0.717, 1.165) is 15.4 Å². The lowest BCUT2D eigenvalue weighted by atomic mass is 10.2. The normalized spacial score (nSPS) is 10.4. The summed E-state index contributed by atoms with van der Waals surface area (Å²) in [6, 6.07) is 5.28. The fraction of sp³-hybridized carbons (Fsp3) is 0.250. The predicted octanol–water partition coefficient (Wildman–Crippen LogP) is 3.04. The number of thiazole rings is 1. The number of aromatic nitrogens is 1. The molecule has 1 aromatic carbocycles. The highest BCUT2D eigenvalue weighted by Gasteiger charge is 2.05. The molecule has 0 amide bonds. The molecule has 2 rings (SSSR count). The Bertz CT molecular complexity index is 494. The fourth-order valence-electron chi connectivity index (χ4n) is 1.38. The number of aromatic hydroxyl groups is 1. The first-order valence-electron chi connectivity index (χ1n) is 4.99. The van der Waals surface area contributed by atoms with Gasteiger partial charge in [0.2, 0.25) is 0 Å². The van der Waals surface area contributed by atoms with Crippen LogP contribution in [0.2, 0.25) is 0 Å². The van der Waals surface area contributed by atoms with Crippen molar-refractivity contribution in [3.8, 4) is 11.5 Å². The van der Waals surface area contributed by atoms with E-state index >= 15 is 0 Å². The Kier molecular flexibility index (Phi) is 3.10. The van der Waals surface area contributed by atoms with Gasteiger partial charge in [0.15, 0.2) is 0 Å². The van der Waals surface area contributed by atoms with E-state index in [4.69, 9.17) is 4.74 Å². The lowest BCUT2D eigenvalue weighted by molar-refractivity contribution is 0.305. The Morgan fingerprint density at radius 1 is 1.38 bits per heavy atom. The maximum atomic E-state index is 9.51. The first kappa shape index (κ1) is 11.0. The Balaban J connectivity index is 2.07. The molecule has 0 saturated carbocycles. The molecule has 0 unspecified atom stereocenters. The van der Waals surface area contributed by atoms with Gasteiger partial charge in [0.1, 0.15) is 18.1 Å². The molecule has 1 N–H and O–H groups in total. The molecule has 0 spiro atoms. The monoisotopic (exact) mass is 235 g/mol. The van der Waals surface area contributed by atoms with Gasteiger partial charge in [-0.3, -0.25) is 0 Å². The summed E-state index contributed by atoms with van der Waals surface area (Å²) in [4.78, 5) is 5.24. The molecule has 2 aromatic rings. The molecule has 0 fully saturated rings. The zero-order valence-corrected chi connectivity index (χ0v) is 10.0. The van der Waals surface area contributed by atoms with E-state index in [1.54, 1.807) is 23.5 Å². The average molecular weight is 235 g/mol. The molecule has 4 heteroatoms. The van der Waals surface area contributed by atoms with Gasteiger partial charge in [-0.05, 0) is 26.0 Å². The number of phenols is 1. The zero-order valence-electron chi connectivity index (χ0n) is 9.23. The molecular weight excluding hydrogens is 222 g/mol. The molecule has 0 bridgehead atoms. The highest BCUT2D eigenvalue weighted by atomic mass is 32.1. The number of benzene rings is 1. The van der Waals surface area contributed by atoms with Gasteiger partial charge in [-0.2, -0.15) is 0 Å². The van der Waals surface area contributed by atoms with Crippen molar-refractivity contribution in [2.75, 3.05) is 0 Å². The van der Waals surface area contributed by atoms with Crippen LogP contribution in [0.25, 0.3) is 0 Å². The van der Waals surface area contributed by atoms with Crippen LogP contribution in [0.4, 0.5) is 0 Å². The van der Waals surface area contributed by atoms with Crippen molar-refractivity contribution in [1.29, 1.82) is 0 Å². The first-order chi connectivity index (χ1) is 7.66. The minimum atomic E-state index is 0.262. The number of hydrogen-bond donors (Lipinski definition) is 1. The van der Waals surface area contributed by atoms with Crippen LogP contribution in [0.5, 0.6) is 11.5 Å². The van der Waals surface area contributed by atoms with E-state index in [2.05, 4.69) is 4.98 Å². The summed E-state index contributed by atoms with van der Waals surface area (Å²) in [5.74, 6) is 0.976. The minimum absolute atomic E-state index is 0.262. The zero-order chi connectivity index (χ0) is 11.5. The molecule has 84 valence electrons. The summed E-state index contributed by atoms with van der Waals surface area (Å²) in [5.41, 5.74) is 0.767. The lowest BCUT2D eigenvalue weighted by Crippen LogP contribution is -1.94. The van der Waals surface area contributed by atoms with Gasteiger partial charge in [0, 0.05) is 11.8 Å². The molecule has 0 aliphatic heterocycles. The molecule has 1 aromatic heterocycles. The van der Waals surface area contributed by atoms with Crippen LogP contribution in [0.15, 0.2) is 24.4 Å². The molecule has 0 saturated heterocycles. The summed E-state index contributed by atoms with van der Waals surface area (Å²) >= 11 is 1.62. The van der Waals surface area contributed by atoms with E-state index in [9.17, 15) is 5.11 Å². The van der Waals surface area contributed by atoms with E-state index in [-0.39, 0.29) is 5.75 Å². The predicted molar refractivity (Wildman–Crippen MR) is 64.0 cm³/mol.